The number of nitrogens with one attached hydrogen (secondary N) is 4. The Hall–Kier alpha value is -1.71. The lowest BCUT2D eigenvalue weighted by Crippen LogP contribution is -2.61. The van der Waals surface area contributed by atoms with E-state index in [-0.39, 0.29) is 5.54 Å². The fourth-order valence-corrected chi connectivity index (χ4v) is 7.30. The van der Waals surface area contributed by atoms with Gasteiger partial charge in [0, 0.05) is 37.8 Å². The number of anilines is 3. The standard InChI is InChI=1S/C29H53N9/c30-26-35-27(37-28(36-26)38-19-18-34-29(22-38)14-5-2-6-15-29)33-21-24-12-10-23(11-13-24)20-31-16-7-17-32-25-8-3-1-4-9-25/h23-25,31-32,34H,1-22H2,(H3,30,33,35,36,37)/t23-,24-. The van der Waals surface area contributed by atoms with Gasteiger partial charge in [0.1, 0.15) is 0 Å². The van der Waals surface area contributed by atoms with Crippen molar-refractivity contribution in [2.24, 2.45) is 11.8 Å². The Labute approximate surface area is 230 Å². The molecular formula is C29H53N9. The van der Waals surface area contributed by atoms with E-state index >= 15 is 0 Å². The molecular weight excluding hydrogens is 474 g/mol. The first kappa shape index (κ1) is 27.8. The van der Waals surface area contributed by atoms with Crippen LogP contribution in [-0.4, -0.2) is 72.3 Å². The molecule has 0 bridgehead atoms. The number of hydrogen-bond donors (Lipinski definition) is 5. The minimum absolute atomic E-state index is 0.213. The molecule has 2 heterocycles. The Morgan fingerprint density at radius 3 is 2.37 bits per heavy atom. The number of nitrogen functional groups attached to an aromatic ring is 1. The fourth-order valence-electron chi connectivity index (χ4n) is 7.30. The maximum absolute atomic E-state index is 6.12. The first-order valence-corrected chi connectivity index (χ1v) is 15.9. The van der Waals surface area contributed by atoms with Crippen molar-refractivity contribution in [3.8, 4) is 0 Å². The minimum Gasteiger partial charge on any atom is -0.368 e. The molecule has 1 aliphatic heterocycles. The smallest absolute Gasteiger partial charge is 0.232 e. The van der Waals surface area contributed by atoms with E-state index in [1.807, 2.05) is 0 Å². The highest BCUT2D eigenvalue weighted by atomic mass is 15.3. The van der Waals surface area contributed by atoms with Crippen LogP contribution in [0.15, 0.2) is 0 Å². The third kappa shape index (κ3) is 8.15. The maximum Gasteiger partial charge on any atom is 0.232 e. The summed E-state index contributed by atoms with van der Waals surface area (Å²) < 4.78 is 0. The molecule has 214 valence electrons. The lowest BCUT2D eigenvalue weighted by molar-refractivity contribution is 0.215. The van der Waals surface area contributed by atoms with E-state index in [1.54, 1.807) is 0 Å². The second-order valence-corrected chi connectivity index (χ2v) is 12.6. The highest BCUT2D eigenvalue weighted by molar-refractivity contribution is 5.43. The van der Waals surface area contributed by atoms with Gasteiger partial charge in [0.15, 0.2) is 0 Å². The zero-order chi connectivity index (χ0) is 26.0. The van der Waals surface area contributed by atoms with Gasteiger partial charge in [-0.25, -0.2) is 0 Å². The molecule has 1 aromatic heterocycles. The van der Waals surface area contributed by atoms with Crippen LogP contribution >= 0.6 is 0 Å². The van der Waals surface area contributed by atoms with Crippen LogP contribution in [0.5, 0.6) is 0 Å². The molecule has 4 aliphatic rings. The summed E-state index contributed by atoms with van der Waals surface area (Å²) in [6.45, 7) is 7.24. The van der Waals surface area contributed by atoms with Crippen molar-refractivity contribution in [3.63, 3.8) is 0 Å². The predicted octanol–water partition coefficient (Wildman–Crippen LogP) is 3.69. The van der Waals surface area contributed by atoms with Gasteiger partial charge in [0.05, 0.1) is 0 Å². The van der Waals surface area contributed by atoms with E-state index in [4.69, 9.17) is 10.7 Å². The van der Waals surface area contributed by atoms with Crippen molar-refractivity contribution in [1.29, 1.82) is 0 Å². The first-order valence-electron chi connectivity index (χ1n) is 15.9. The van der Waals surface area contributed by atoms with Crippen LogP contribution in [0.2, 0.25) is 0 Å². The number of piperazine rings is 1. The van der Waals surface area contributed by atoms with Gasteiger partial charge >= 0.3 is 0 Å². The van der Waals surface area contributed by atoms with Crippen LogP contribution in [0, 0.1) is 11.8 Å². The van der Waals surface area contributed by atoms with Crippen LogP contribution in [-0.2, 0) is 0 Å². The van der Waals surface area contributed by atoms with Crippen molar-refractivity contribution >= 4 is 17.8 Å². The Balaban J connectivity index is 0.986. The summed E-state index contributed by atoms with van der Waals surface area (Å²) >= 11 is 0. The molecule has 1 spiro atoms. The van der Waals surface area contributed by atoms with E-state index in [9.17, 15) is 0 Å². The highest BCUT2D eigenvalue weighted by Gasteiger charge is 2.37. The molecule has 1 saturated heterocycles. The van der Waals surface area contributed by atoms with Crippen molar-refractivity contribution in [3.05, 3.63) is 0 Å². The number of aromatic nitrogens is 3. The second-order valence-electron chi connectivity index (χ2n) is 12.6. The molecule has 0 atom stereocenters. The van der Waals surface area contributed by atoms with Gasteiger partial charge in [0.2, 0.25) is 17.8 Å². The van der Waals surface area contributed by atoms with Gasteiger partial charge in [-0.1, -0.05) is 38.5 Å². The van der Waals surface area contributed by atoms with Gasteiger partial charge < -0.3 is 31.9 Å². The molecule has 0 aromatic carbocycles. The van der Waals surface area contributed by atoms with Crippen molar-refractivity contribution in [2.45, 2.75) is 108 Å². The summed E-state index contributed by atoms with van der Waals surface area (Å²) in [4.78, 5) is 16.0. The number of hydrogen-bond acceptors (Lipinski definition) is 9. The molecule has 5 rings (SSSR count). The summed E-state index contributed by atoms with van der Waals surface area (Å²) in [7, 11) is 0. The lowest BCUT2D eigenvalue weighted by atomic mass is 9.80. The average molecular weight is 528 g/mol. The minimum atomic E-state index is 0.213. The molecule has 9 nitrogen and oxygen atoms in total. The maximum atomic E-state index is 6.12. The number of nitrogens with two attached hydrogens (primary N) is 1. The normalized spacial score (nSPS) is 26.5. The first-order chi connectivity index (χ1) is 18.7. The molecule has 6 N–H and O–H groups in total. The van der Waals surface area contributed by atoms with Crippen LogP contribution < -0.4 is 31.9 Å². The van der Waals surface area contributed by atoms with Crippen LogP contribution in [0.25, 0.3) is 0 Å². The third-order valence-corrected chi connectivity index (χ3v) is 9.63. The van der Waals surface area contributed by atoms with Crippen LogP contribution in [0.4, 0.5) is 17.8 Å². The molecule has 9 heteroatoms. The van der Waals surface area contributed by atoms with Gasteiger partial charge in [-0.05, 0) is 89.3 Å². The van der Waals surface area contributed by atoms with E-state index in [2.05, 4.69) is 36.1 Å². The summed E-state index contributed by atoms with van der Waals surface area (Å²) in [5, 5.41) is 14.8. The van der Waals surface area contributed by atoms with Crippen LogP contribution in [0.3, 0.4) is 0 Å². The van der Waals surface area contributed by atoms with Crippen LogP contribution in [0.1, 0.15) is 96.3 Å². The summed E-state index contributed by atoms with van der Waals surface area (Å²) in [5.41, 5.74) is 6.34. The molecule has 4 fully saturated rings. The summed E-state index contributed by atoms with van der Waals surface area (Å²) in [5.74, 6) is 3.18. The topological polar surface area (TPSA) is 116 Å². The van der Waals surface area contributed by atoms with Gasteiger partial charge in [-0.2, -0.15) is 15.0 Å². The Morgan fingerprint density at radius 1 is 0.842 bits per heavy atom. The van der Waals surface area contributed by atoms with E-state index in [1.165, 1.54) is 103 Å². The second kappa shape index (κ2) is 14.1. The van der Waals surface area contributed by atoms with Crippen molar-refractivity contribution in [2.75, 3.05) is 61.8 Å². The van der Waals surface area contributed by atoms with E-state index in [0.29, 0.717) is 17.8 Å². The Kier molecular flexibility index (Phi) is 10.3. The molecule has 3 saturated carbocycles. The monoisotopic (exact) mass is 527 g/mol. The molecule has 3 aliphatic carbocycles. The van der Waals surface area contributed by atoms with Crippen molar-refractivity contribution in [1.82, 2.24) is 30.9 Å². The van der Waals surface area contributed by atoms with E-state index in [0.717, 1.165) is 57.2 Å². The zero-order valence-electron chi connectivity index (χ0n) is 23.7. The SMILES string of the molecule is Nc1nc(NC[C@H]2CC[C@H](CNCCCNC3CCCCC3)CC2)nc(N2CCNC3(CCCCC3)C2)n1. The average Bonchev–Trinajstić information content (AvgIpc) is 2.95. The Morgan fingerprint density at radius 2 is 1.58 bits per heavy atom. The van der Waals surface area contributed by atoms with Crippen molar-refractivity contribution < 1.29 is 0 Å². The highest BCUT2D eigenvalue weighted by Crippen LogP contribution is 2.32. The number of nitrogens with zero attached hydrogens (tertiary/aromatic N) is 4. The molecule has 38 heavy (non-hydrogen) atoms. The Bertz CT molecular complexity index is 824. The summed E-state index contributed by atoms with van der Waals surface area (Å²) in [6.07, 6.45) is 19.9. The third-order valence-electron chi connectivity index (χ3n) is 9.63. The predicted molar refractivity (Wildman–Crippen MR) is 157 cm³/mol. The molecule has 1 aromatic rings. The molecule has 0 amide bonds. The molecule has 0 radical (unpaired) electrons. The van der Waals surface area contributed by atoms with Gasteiger partial charge in [-0.3, -0.25) is 0 Å². The van der Waals surface area contributed by atoms with Gasteiger partial charge in [-0.15, -0.1) is 0 Å². The molecule has 0 unspecified atom stereocenters. The largest absolute Gasteiger partial charge is 0.368 e. The lowest BCUT2D eigenvalue weighted by Gasteiger charge is -2.46. The zero-order valence-corrected chi connectivity index (χ0v) is 23.7. The number of rotatable bonds is 11. The fraction of sp³-hybridized carbons (Fsp3) is 0.897. The quantitative estimate of drug-likeness (QED) is 0.275. The van der Waals surface area contributed by atoms with E-state index < -0.39 is 0 Å². The summed E-state index contributed by atoms with van der Waals surface area (Å²) in [6, 6.07) is 0.781. The van der Waals surface area contributed by atoms with Gasteiger partial charge in [0.25, 0.3) is 0 Å².